The zero-order valence-electron chi connectivity index (χ0n) is 16.4. The second-order valence-corrected chi connectivity index (χ2v) is 7.73. The van der Waals surface area contributed by atoms with Crippen LogP contribution in [-0.4, -0.2) is 49.4 Å². The highest BCUT2D eigenvalue weighted by molar-refractivity contribution is 5.76. The molecule has 1 aliphatic heterocycles. The quantitative estimate of drug-likeness (QED) is 0.768. The van der Waals surface area contributed by atoms with Crippen LogP contribution in [-0.2, 0) is 14.3 Å². The van der Waals surface area contributed by atoms with E-state index in [1.54, 1.807) is 12.0 Å². The molecule has 1 heterocycles. The van der Waals surface area contributed by atoms with E-state index in [0.29, 0.717) is 6.42 Å². The molecule has 1 amide bonds. The van der Waals surface area contributed by atoms with Crippen molar-refractivity contribution >= 4 is 12.1 Å². The van der Waals surface area contributed by atoms with E-state index in [9.17, 15) is 9.59 Å². The molecular weight excluding hydrogens is 334 g/mol. The molecule has 1 aromatic carbocycles. The van der Waals surface area contributed by atoms with Crippen LogP contribution < -0.4 is 4.74 Å². The lowest BCUT2D eigenvalue weighted by atomic mass is 9.78. The topological polar surface area (TPSA) is 65.1 Å². The number of nitrogens with zero attached hydrogens (tertiary/aromatic N) is 1. The van der Waals surface area contributed by atoms with E-state index in [0.717, 1.165) is 11.3 Å². The first-order valence-corrected chi connectivity index (χ1v) is 8.87. The third-order valence-electron chi connectivity index (χ3n) is 4.68. The highest BCUT2D eigenvalue weighted by Crippen LogP contribution is 2.37. The molecule has 0 radical (unpaired) electrons. The van der Waals surface area contributed by atoms with Crippen molar-refractivity contribution in [1.82, 2.24) is 4.90 Å². The van der Waals surface area contributed by atoms with Gasteiger partial charge < -0.3 is 19.1 Å². The Morgan fingerprint density at radius 3 is 2.23 bits per heavy atom. The van der Waals surface area contributed by atoms with Gasteiger partial charge in [0.05, 0.1) is 20.1 Å². The Labute approximate surface area is 155 Å². The molecule has 0 unspecified atom stereocenters. The number of carbonyl (C=O) groups is 2. The molecule has 1 saturated heterocycles. The molecular formula is C20H29NO5. The average molecular weight is 363 g/mol. The highest BCUT2D eigenvalue weighted by atomic mass is 16.6. The molecule has 0 aliphatic carbocycles. The zero-order valence-corrected chi connectivity index (χ0v) is 16.4. The van der Waals surface area contributed by atoms with Gasteiger partial charge in [0.25, 0.3) is 0 Å². The van der Waals surface area contributed by atoms with Gasteiger partial charge in [-0.1, -0.05) is 12.1 Å². The first-order valence-electron chi connectivity index (χ1n) is 8.87. The van der Waals surface area contributed by atoms with Crippen molar-refractivity contribution in [3.63, 3.8) is 0 Å². The minimum atomic E-state index is -0.579. The number of methoxy groups -OCH3 is 2. The van der Waals surface area contributed by atoms with Gasteiger partial charge in [0, 0.05) is 18.5 Å². The molecule has 0 saturated carbocycles. The molecule has 0 spiro atoms. The number of hydrogen-bond acceptors (Lipinski definition) is 5. The zero-order chi connectivity index (χ0) is 19.5. The van der Waals surface area contributed by atoms with E-state index >= 15 is 0 Å². The standard InChI is InChI=1S/C20H29NO5/c1-13-11-16(14-7-9-15(24-5)10-8-14)17(18(22)25-6)12-21(13)19(23)26-20(2,3)4/h7-10,13,16-17H,11-12H2,1-6H3/t13-,16+,17-/m1/s1. The first kappa shape index (κ1) is 20.1. The van der Waals surface area contributed by atoms with E-state index in [1.807, 2.05) is 52.0 Å². The second-order valence-electron chi connectivity index (χ2n) is 7.73. The van der Waals surface area contributed by atoms with Gasteiger partial charge in [-0.2, -0.15) is 0 Å². The Kier molecular flexibility index (Phi) is 6.16. The lowest BCUT2D eigenvalue weighted by molar-refractivity contribution is -0.148. The summed E-state index contributed by atoms with van der Waals surface area (Å²) in [5, 5.41) is 0. The normalized spacial score (nSPS) is 23.3. The van der Waals surface area contributed by atoms with Gasteiger partial charge in [0.1, 0.15) is 11.4 Å². The van der Waals surface area contributed by atoms with E-state index in [-0.39, 0.29) is 24.5 Å². The summed E-state index contributed by atoms with van der Waals surface area (Å²) in [4.78, 5) is 26.6. The Balaban J connectivity index is 2.25. The predicted molar refractivity (Wildman–Crippen MR) is 98.3 cm³/mol. The first-order chi connectivity index (χ1) is 12.2. The number of benzene rings is 1. The Bertz CT molecular complexity index is 635. The molecule has 2 rings (SSSR count). The van der Waals surface area contributed by atoms with Crippen LogP contribution in [0, 0.1) is 5.92 Å². The summed E-state index contributed by atoms with van der Waals surface area (Å²) in [6.45, 7) is 7.75. The van der Waals surface area contributed by atoms with Crippen LogP contribution in [0.2, 0.25) is 0 Å². The fourth-order valence-electron chi connectivity index (χ4n) is 3.36. The number of likely N-dealkylation sites (tertiary alicyclic amines) is 1. The number of ether oxygens (including phenoxy) is 3. The Hall–Kier alpha value is -2.24. The van der Waals surface area contributed by atoms with Gasteiger partial charge in [-0.3, -0.25) is 4.79 Å². The van der Waals surface area contributed by atoms with Gasteiger partial charge in [0.2, 0.25) is 0 Å². The van der Waals surface area contributed by atoms with E-state index in [4.69, 9.17) is 14.2 Å². The van der Waals surface area contributed by atoms with Crippen molar-refractivity contribution in [2.45, 2.75) is 51.7 Å². The number of hydrogen-bond donors (Lipinski definition) is 0. The predicted octanol–water partition coefficient (Wildman–Crippen LogP) is 3.60. The Morgan fingerprint density at radius 2 is 1.73 bits per heavy atom. The maximum absolute atomic E-state index is 12.5. The molecule has 0 N–H and O–H groups in total. The fraction of sp³-hybridized carbons (Fsp3) is 0.600. The van der Waals surface area contributed by atoms with Crippen molar-refractivity contribution in [3.05, 3.63) is 29.8 Å². The van der Waals surface area contributed by atoms with Crippen molar-refractivity contribution < 1.29 is 23.8 Å². The lowest BCUT2D eigenvalue weighted by Crippen LogP contribution is -2.51. The van der Waals surface area contributed by atoms with Crippen LogP contribution >= 0.6 is 0 Å². The molecule has 6 nitrogen and oxygen atoms in total. The third-order valence-corrected chi connectivity index (χ3v) is 4.68. The van der Waals surface area contributed by atoms with Crippen LogP contribution in [0.15, 0.2) is 24.3 Å². The maximum atomic E-state index is 12.5. The summed E-state index contributed by atoms with van der Waals surface area (Å²) in [6.07, 6.45) is 0.262. The van der Waals surface area contributed by atoms with Crippen molar-refractivity contribution in [1.29, 1.82) is 0 Å². The van der Waals surface area contributed by atoms with Crippen LogP contribution in [0.3, 0.4) is 0 Å². The maximum Gasteiger partial charge on any atom is 0.410 e. The van der Waals surface area contributed by atoms with Crippen molar-refractivity contribution in [2.75, 3.05) is 20.8 Å². The molecule has 1 aromatic rings. The molecule has 1 fully saturated rings. The second kappa shape index (κ2) is 7.98. The van der Waals surface area contributed by atoms with Crippen LogP contribution in [0.25, 0.3) is 0 Å². The summed E-state index contributed by atoms with van der Waals surface area (Å²) in [5.74, 6) is -0.00644. The Morgan fingerprint density at radius 1 is 1.12 bits per heavy atom. The average Bonchev–Trinajstić information content (AvgIpc) is 2.59. The molecule has 3 atom stereocenters. The van der Waals surface area contributed by atoms with Gasteiger partial charge in [-0.05, 0) is 51.8 Å². The number of esters is 1. The molecule has 6 heteroatoms. The van der Waals surface area contributed by atoms with Crippen LogP contribution in [0.1, 0.15) is 45.6 Å². The highest BCUT2D eigenvalue weighted by Gasteiger charge is 2.42. The molecule has 0 aromatic heterocycles. The number of carbonyl (C=O) groups excluding carboxylic acids is 2. The minimum absolute atomic E-state index is 0.0259. The molecule has 144 valence electrons. The van der Waals surface area contributed by atoms with E-state index in [2.05, 4.69) is 0 Å². The largest absolute Gasteiger partial charge is 0.497 e. The smallest absolute Gasteiger partial charge is 0.410 e. The summed E-state index contributed by atoms with van der Waals surface area (Å²) < 4.78 is 15.7. The molecule has 1 aliphatic rings. The van der Waals surface area contributed by atoms with E-state index in [1.165, 1.54) is 7.11 Å². The van der Waals surface area contributed by atoms with Crippen molar-refractivity contribution in [2.24, 2.45) is 5.92 Å². The van der Waals surface area contributed by atoms with Crippen molar-refractivity contribution in [3.8, 4) is 5.75 Å². The molecule has 26 heavy (non-hydrogen) atoms. The van der Waals surface area contributed by atoms with Crippen LogP contribution in [0.4, 0.5) is 4.79 Å². The minimum Gasteiger partial charge on any atom is -0.497 e. The van der Waals surface area contributed by atoms with Gasteiger partial charge in [0.15, 0.2) is 0 Å². The summed E-state index contributed by atoms with van der Waals surface area (Å²) in [5.41, 5.74) is 0.460. The fourth-order valence-corrected chi connectivity index (χ4v) is 3.36. The van der Waals surface area contributed by atoms with Gasteiger partial charge >= 0.3 is 12.1 Å². The third kappa shape index (κ3) is 4.68. The number of rotatable bonds is 3. The summed E-state index contributed by atoms with van der Waals surface area (Å²) >= 11 is 0. The SMILES string of the molecule is COC(=O)[C@@H]1CN(C(=O)OC(C)(C)C)[C@H](C)C[C@H]1c1ccc(OC)cc1. The van der Waals surface area contributed by atoms with Gasteiger partial charge in [-0.15, -0.1) is 0 Å². The summed E-state index contributed by atoms with van der Waals surface area (Å²) in [6, 6.07) is 7.66. The number of piperidine rings is 1. The van der Waals surface area contributed by atoms with Gasteiger partial charge in [-0.25, -0.2) is 4.79 Å². The number of amides is 1. The monoisotopic (exact) mass is 363 g/mol. The summed E-state index contributed by atoms with van der Waals surface area (Å²) in [7, 11) is 3.00. The van der Waals surface area contributed by atoms with Crippen LogP contribution in [0.5, 0.6) is 5.75 Å². The lowest BCUT2D eigenvalue weighted by Gasteiger charge is -2.42. The molecule has 0 bridgehead atoms. The van der Waals surface area contributed by atoms with E-state index < -0.39 is 17.6 Å².